The standard InChI is InChI=1S/C19H23N3O2S/c1-19(2)9-13-14(10-24-19)25-18-15(13)17(23)20-16(21-18)11-5-7-12(8-6-11)22(3)4/h5-8,16,21H,9-10H2,1-4H3,(H,20,23)/t16-/m0/s1. The van der Waals surface area contributed by atoms with Gasteiger partial charge < -0.3 is 20.3 Å². The average molecular weight is 357 g/mol. The monoisotopic (exact) mass is 357 g/mol. The maximum absolute atomic E-state index is 12.8. The first-order valence-electron chi connectivity index (χ1n) is 8.47. The second-order valence-electron chi connectivity index (χ2n) is 7.47. The molecular weight excluding hydrogens is 334 g/mol. The van der Waals surface area contributed by atoms with E-state index in [4.69, 9.17) is 4.74 Å². The zero-order chi connectivity index (χ0) is 17.8. The van der Waals surface area contributed by atoms with Crippen LogP contribution in [0.3, 0.4) is 0 Å². The van der Waals surface area contributed by atoms with Gasteiger partial charge in [-0.2, -0.15) is 0 Å². The minimum absolute atomic E-state index is 0.00522. The predicted octanol–water partition coefficient (Wildman–Crippen LogP) is 3.52. The van der Waals surface area contributed by atoms with E-state index in [-0.39, 0.29) is 17.7 Å². The van der Waals surface area contributed by atoms with Crippen molar-refractivity contribution >= 4 is 27.9 Å². The zero-order valence-corrected chi connectivity index (χ0v) is 15.8. The topological polar surface area (TPSA) is 53.6 Å². The zero-order valence-electron chi connectivity index (χ0n) is 15.0. The Hall–Kier alpha value is -2.05. The summed E-state index contributed by atoms with van der Waals surface area (Å²) >= 11 is 1.64. The molecule has 5 nitrogen and oxygen atoms in total. The Morgan fingerprint density at radius 3 is 2.60 bits per heavy atom. The van der Waals surface area contributed by atoms with E-state index in [1.165, 1.54) is 0 Å². The van der Waals surface area contributed by atoms with Crippen molar-refractivity contribution in [3.63, 3.8) is 0 Å². The van der Waals surface area contributed by atoms with Gasteiger partial charge in [0.1, 0.15) is 11.2 Å². The summed E-state index contributed by atoms with van der Waals surface area (Å²) in [5.74, 6) is 0.00522. The van der Waals surface area contributed by atoms with Gasteiger partial charge in [-0.05, 0) is 37.1 Å². The minimum Gasteiger partial charge on any atom is -0.378 e. The van der Waals surface area contributed by atoms with Crippen molar-refractivity contribution in [3.05, 3.63) is 45.8 Å². The molecule has 0 bridgehead atoms. The first kappa shape index (κ1) is 16.4. The number of nitrogens with zero attached hydrogens (tertiary/aromatic N) is 1. The highest BCUT2D eigenvalue weighted by molar-refractivity contribution is 7.16. The fourth-order valence-corrected chi connectivity index (χ4v) is 4.55. The third kappa shape index (κ3) is 2.89. The van der Waals surface area contributed by atoms with Crippen molar-refractivity contribution in [2.24, 2.45) is 0 Å². The molecule has 1 amide bonds. The Morgan fingerprint density at radius 2 is 1.92 bits per heavy atom. The third-order valence-electron chi connectivity index (χ3n) is 4.81. The molecular formula is C19H23N3O2S. The lowest BCUT2D eigenvalue weighted by molar-refractivity contribution is -0.0383. The quantitative estimate of drug-likeness (QED) is 0.863. The second-order valence-corrected chi connectivity index (χ2v) is 8.58. The molecule has 1 aromatic carbocycles. The third-order valence-corrected chi connectivity index (χ3v) is 5.94. The Morgan fingerprint density at radius 1 is 1.20 bits per heavy atom. The summed E-state index contributed by atoms with van der Waals surface area (Å²) in [5.41, 5.74) is 3.91. The van der Waals surface area contributed by atoms with Gasteiger partial charge in [0, 0.05) is 31.1 Å². The van der Waals surface area contributed by atoms with Gasteiger partial charge in [-0.3, -0.25) is 4.79 Å². The lowest BCUT2D eigenvalue weighted by Crippen LogP contribution is -2.39. The molecule has 0 spiro atoms. The number of carbonyl (C=O) groups is 1. The molecule has 0 radical (unpaired) electrons. The van der Waals surface area contributed by atoms with Crippen LogP contribution < -0.4 is 15.5 Å². The summed E-state index contributed by atoms with van der Waals surface area (Å²) in [5, 5.41) is 7.55. The Bertz CT molecular complexity index is 824. The maximum atomic E-state index is 12.8. The summed E-state index contributed by atoms with van der Waals surface area (Å²) < 4.78 is 5.90. The van der Waals surface area contributed by atoms with E-state index in [0.717, 1.165) is 38.7 Å². The van der Waals surface area contributed by atoms with E-state index in [1.54, 1.807) is 11.3 Å². The largest absolute Gasteiger partial charge is 0.378 e. The molecule has 2 aliphatic rings. The van der Waals surface area contributed by atoms with Gasteiger partial charge in [0.25, 0.3) is 5.91 Å². The molecule has 0 aliphatic carbocycles. The number of rotatable bonds is 2. The number of fused-ring (bicyclic) bond motifs is 3. The SMILES string of the molecule is CN(C)c1ccc([C@H]2NC(=O)c3c(sc4c3CC(C)(C)OC4)N2)cc1. The van der Waals surface area contributed by atoms with Gasteiger partial charge in [-0.1, -0.05) is 12.1 Å². The van der Waals surface area contributed by atoms with Crippen LogP contribution >= 0.6 is 11.3 Å². The van der Waals surface area contributed by atoms with Crippen LogP contribution in [-0.4, -0.2) is 25.6 Å². The van der Waals surface area contributed by atoms with Gasteiger partial charge in [-0.25, -0.2) is 0 Å². The number of amides is 1. The molecule has 4 rings (SSSR count). The van der Waals surface area contributed by atoms with Crippen LogP contribution in [0.5, 0.6) is 0 Å². The van der Waals surface area contributed by atoms with E-state index in [0.29, 0.717) is 6.61 Å². The number of hydrogen-bond acceptors (Lipinski definition) is 5. The molecule has 3 heterocycles. The number of benzene rings is 1. The van der Waals surface area contributed by atoms with E-state index in [2.05, 4.69) is 53.6 Å². The van der Waals surface area contributed by atoms with Crippen molar-refractivity contribution in [1.29, 1.82) is 0 Å². The molecule has 1 aromatic heterocycles. The van der Waals surface area contributed by atoms with E-state index >= 15 is 0 Å². The predicted molar refractivity (Wildman–Crippen MR) is 101 cm³/mol. The first-order valence-corrected chi connectivity index (χ1v) is 9.29. The van der Waals surface area contributed by atoms with Crippen molar-refractivity contribution in [2.45, 2.75) is 38.6 Å². The molecule has 0 fully saturated rings. The van der Waals surface area contributed by atoms with Crippen LogP contribution in [0.15, 0.2) is 24.3 Å². The van der Waals surface area contributed by atoms with Crippen LogP contribution in [0.1, 0.15) is 46.4 Å². The second kappa shape index (κ2) is 5.75. The molecule has 0 unspecified atom stereocenters. The summed E-state index contributed by atoms with van der Waals surface area (Å²) in [7, 11) is 4.03. The number of anilines is 2. The van der Waals surface area contributed by atoms with Crippen LogP contribution in [0, 0.1) is 0 Å². The van der Waals surface area contributed by atoms with Gasteiger partial charge >= 0.3 is 0 Å². The van der Waals surface area contributed by atoms with Crippen molar-refractivity contribution in [3.8, 4) is 0 Å². The summed E-state index contributed by atoms with van der Waals surface area (Å²) in [4.78, 5) is 16.0. The Kier molecular flexibility index (Phi) is 3.77. The molecule has 25 heavy (non-hydrogen) atoms. The van der Waals surface area contributed by atoms with E-state index in [1.807, 2.05) is 14.1 Å². The van der Waals surface area contributed by atoms with Crippen LogP contribution in [0.2, 0.25) is 0 Å². The maximum Gasteiger partial charge on any atom is 0.256 e. The van der Waals surface area contributed by atoms with Crippen LogP contribution in [0.4, 0.5) is 10.7 Å². The highest BCUT2D eigenvalue weighted by Crippen LogP contribution is 2.43. The molecule has 6 heteroatoms. The Labute approximate surface area is 152 Å². The minimum atomic E-state index is -0.221. The number of thiophene rings is 1. The molecule has 1 atom stereocenters. The highest BCUT2D eigenvalue weighted by atomic mass is 32.1. The molecule has 0 saturated carbocycles. The number of nitrogens with one attached hydrogen (secondary N) is 2. The molecule has 132 valence electrons. The number of ether oxygens (including phenoxy) is 1. The summed E-state index contributed by atoms with van der Waals surface area (Å²) in [6.07, 6.45) is 0.566. The van der Waals surface area contributed by atoms with Crippen LogP contribution in [-0.2, 0) is 17.8 Å². The fourth-order valence-electron chi connectivity index (χ4n) is 3.40. The molecule has 0 saturated heterocycles. The molecule has 2 aliphatic heterocycles. The first-order chi connectivity index (χ1) is 11.8. The molecule has 2 aromatic rings. The normalized spacial score (nSPS) is 21.0. The van der Waals surface area contributed by atoms with E-state index in [9.17, 15) is 4.79 Å². The lowest BCUT2D eigenvalue weighted by atomic mass is 9.92. The fraction of sp³-hybridized carbons (Fsp3) is 0.421. The van der Waals surface area contributed by atoms with Gasteiger partial charge in [-0.15, -0.1) is 11.3 Å². The smallest absolute Gasteiger partial charge is 0.256 e. The van der Waals surface area contributed by atoms with Crippen molar-refractivity contribution < 1.29 is 9.53 Å². The summed E-state index contributed by atoms with van der Waals surface area (Å²) in [6, 6.07) is 8.24. The average Bonchev–Trinajstić information content (AvgIpc) is 2.91. The summed E-state index contributed by atoms with van der Waals surface area (Å²) in [6.45, 7) is 4.73. The van der Waals surface area contributed by atoms with Crippen molar-refractivity contribution in [2.75, 3.05) is 24.3 Å². The number of carbonyl (C=O) groups excluding carboxylic acids is 1. The van der Waals surface area contributed by atoms with Crippen LogP contribution in [0.25, 0.3) is 0 Å². The Balaban J connectivity index is 1.64. The van der Waals surface area contributed by atoms with E-state index < -0.39 is 0 Å². The van der Waals surface area contributed by atoms with Gasteiger partial charge in [0.05, 0.1) is 17.8 Å². The van der Waals surface area contributed by atoms with Gasteiger partial charge in [0.15, 0.2) is 0 Å². The highest BCUT2D eigenvalue weighted by Gasteiger charge is 2.36. The molecule has 2 N–H and O–H groups in total. The lowest BCUT2D eigenvalue weighted by Gasteiger charge is -2.31. The number of hydrogen-bond donors (Lipinski definition) is 2. The van der Waals surface area contributed by atoms with Crippen molar-refractivity contribution in [1.82, 2.24) is 5.32 Å². The van der Waals surface area contributed by atoms with Gasteiger partial charge in [0.2, 0.25) is 0 Å².